The van der Waals surface area contributed by atoms with Crippen LogP contribution in [-0.2, 0) is 23.4 Å². The molecule has 2 aromatic carbocycles. The van der Waals surface area contributed by atoms with E-state index in [1.807, 2.05) is 20.8 Å². The Kier molecular flexibility index (Phi) is 9.34. The number of hydrogen-bond donors (Lipinski definition) is 3. The van der Waals surface area contributed by atoms with Gasteiger partial charge in [-0.3, -0.25) is 13.9 Å². The van der Waals surface area contributed by atoms with Crippen molar-refractivity contribution in [1.82, 2.24) is 24.6 Å². The SMILES string of the molecule is CNc1nc(C)nc2c1ncn2[C@@H]1O[C@](F)(COP(=O)(N[C@H](C)C(=O)OCC(C)(C)C)Oc2cccc3ccccc23)[C@@H](O)[C@@]1(C)F. The number of imidazole rings is 1. The monoisotopic (exact) mass is 676 g/mol. The van der Waals surface area contributed by atoms with E-state index in [0.717, 1.165) is 16.9 Å². The molecule has 1 unspecified atom stereocenters. The number of carbonyl (C=O) groups is 1. The van der Waals surface area contributed by atoms with Gasteiger partial charge < -0.3 is 24.4 Å². The van der Waals surface area contributed by atoms with Gasteiger partial charge in [0.25, 0.3) is 5.85 Å². The summed E-state index contributed by atoms with van der Waals surface area (Å²) in [5.74, 6) is -3.23. The Labute approximate surface area is 270 Å². The second-order valence-electron chi connectivity index (χ2n) is 12.9. The Hall–Kier alpha value is -3.75. The lowest BCUT2D eigenvalue weighted by atomic mass is 9.97. The second kappa shape index (κ2) is 12.7. The van der Waals surface area contributed by atoms with Crippen molar-refractivity contribution in [3.63, 3.8) is 0 Å². The van der Waals surface area contributed by atoms with Gasteiger partial charge in [-0.05, 0) is 37.6 Å². The van der Waals surface area contributed by atoms with Crippen LogP contribution in [0.3, 0.4) is 0 Å². The number of alkyl halides is 2. The van der Waals surface area contributed by atoms with E-state index in [4.69, 9.17) is 18.5 Å². The maximum absolute atomic E-state index is 16.5. The molecule has 0 amide bonds. The highest BCUT2D eigenvalue weighted by molar-refractivity contribution is 7.52. The predicted molar refractivity (Wildman–Crippen MR) is 170 cm³/mol. The van der Waals surface area contributed by atoms with Gasteiger partial charge in [0.1, 0.15) is 24.2 Å². The standard InChI is InChI=1S/C31H39F2N6O7P/c1-18(26(40)43-15-29(3,4)5)38-47(42,46-22-14-10-12-20-11-8-9-13-21(20)22)44-16-31(33)27(41)30(6,32)28(45-31)39-17-35-23-24(34-7)36-19(2)37-25(23)39/h8-14,17-18,27-28,41H,15-16H2,1-7H3,(H,38,42)(H,34,36,37)/t18-,27+,28-,30-,31-,47?/m1/s1. The molecule has 1 aliphatic rings. The third kappa shape index (κ3) is 7.09. The molecule has 16 heteroatoms. The van der Waals surface area contributed by atoms with E-state index in [1.54, 1.807) is 50.4 Å². The first kappa shape index (κ1) is 34.6. The molecule has 0 spiro atoms. The number of nitrogens with zero attached hydrogens (tertiary/aromatic N) is 4. The van der Waals surface area contributed by atoms with Gasteiger partial charge in [0, 0.05) is 12.4 Å². The molecule has 13 nitrogen and oxygen atoms in total. The van der Waals surface area contributed by atoms with Crippen LogP contribution in [0.2, 0.25) is 0 Å². The molecule has 0 saturated carbocycles. The fraction of sp³-hybridized carbons (Fsp3) is 0.484. The van der Waals surface area contributed by atoms with E-state index >= 15 is 8.78 Å². The smallest absolute Gasteiger partial charge is 0.459 e. The van der Waals surface area contributed by atoms with Gasteiger partial charge >= 0.3 is 13.7 Å². The maximum Gasteiger partial charge on any atom is 0.459 e. The molecule has 2 aromatic heterocycles. The summed E-state index contributed by atoms with van der Waals surface area (Å²) in [6.45, 7) is 8.37. The third-order valence-corrected chi connectivity index (χ3v) is 9.12. The maximum atomic E-state index is 16.5. The van der Waals surface area contributed by atoms with Crippen LogP contribution in [0, 0.1) is 12.3 Å². The molecule has 3 N–H and O–H groups in total. The van der Waals surface area contributed by atoms with Crippen LogP contribution in [0.15, 0.2) is 48.8 Å². The zero-order valence-electron chi connectivity index (χ0n) is 27.2. The lowest BCUT2D eigenvalue weighted by Gasteiger charge is -2.28. The summed E-state index contributed by atoms with van der Waals surface area (Å²) in [7, 11) is -3.05. The number of aliphatic hydroxyl groups is 1. The molecule has 1 fully saturated rings. The number of fused-ring (bicyclic) bond motifs is 2. The Bertz CT molecular complexity index is 1830. The van der Waals surface area contributed by atoms with Gasteiger partial charge in [-0.15, -0.1) is 0 Å². The summed E-state index contributed by atoms with van der Waals surface area (Å²) in [4.78, 5) is 25.6. The molecular formula is C31H39F2N6O7P. The molecule has 3 heterocycles. The Morgan fingerprint density at radius 2 is 1.89 bits per heavy atom. The minimum absolute atomic E-state index is 0.0699. The Morgan fingerprint density at radius 3 is 2.60 bits per heavy atom. The van der Waals surface area contributed by atoms with Crippen LogP contribution in [-0.4, -0.2) is 74.5 Å². The van der Waals surface area contributed by atoms with E-state index < -0.39 is 50.2 Å². The number of halogens is 2. The van der Waals surface area contributed by atoms with Crippen molar-refractivity contribution in [2.24, 2.45) is 5.41 Å². The van der Waals surface area contributed by atoms with E-state index in [1.165, 1.54) is 19.3 Å². The quantitative estimate of drug-likeness (QED) is 0.138. The molecule has 1 aliphatic heterocycles. The zero-order chi connectivity index (χ0) is 34.4. The van der Waals surface area contributed by atoms with Crippen LogP contribution in [0.1, 0.15) is 46.7 Å². The molecular weight excluding hydrogens is 637 g/mol. The fourth-order valence-electron chi connectivity index (χ4n) is 5.10. The van der Waals surface area contributed by atoms with Gasteiger partial charge in [0.15, 0.2) is 35.0 Å². The number of esters is 1. The molecule has 0 aliphatic carbocycles. The van der Waals surface area contributed by atoms with Gasteiger partial charge in [-0.1, -0.05) is 57.2 Å². The molecule has 6 atom stereocenters. The van der Waals surface area contributed by atoms with Crippen LogP contribution < -0.4 is 14.9 Å². The topological polar surface area (TPSA) is 159 Å². The van der Waals surface area contributed by atoms with Crippen molar-refractivity contribution in [3.8, 4) is 5.75 Å². The highest BCUT2D eigenvalue weighted by Crippen LogP contribution is 2.52. The second-order valence-corrected chi connectivity index (χ2v) is 14.6. The minimum atomic E-state index is -4.67. The lowest BCUT2D eigenvalue weighted by Crippen LogP contribution is -2.47. The first-order chi connectivity index (χ1) is 22.0. The fourth-order valence-corrected chi connectivity index (χ4v) is 6.63. The Balaban J connectivity index is 1.44. The van der Waals surface area contributed by atoms with Crippen LogP contribution >= 0.6 is 7.75 Å². The van der Waals surface area contributed by atoms with E-state index in [9.17, 15) is 14.5 Å². The number of anilines is 1. The zero-order valence-corrected chi connectivity index (χ0v) is 28.0. The number of aliphatic hydroxyl groups excluding tert-OH is 1. The van der Waals surface area contributed by atoms with E-state index in [2.05, 4.69) is 25.4 Å². The van der Waals surface area contributed by atoms with E-state index in [-0.39, 0.29) is 28.9 Å². The van der Waals surface area contributed by atoms with Gasteiger partial charge in [0.2, 0.25) is 0 Å². The molecule has 4 aromatic rings. The molecule has 5 rings (SSSR count). The number of nitrogens with one attached hydrogen (secondary N) is 2. The van der Waals surface area contributed by atoms with Gasteiger partial charge in [-0.2, -0.15) is 5.09 Å². The summed E-state index contributed by atoms with van der Waals surface area (Å²) in [5, 5.41) is 17.6. The number of rotatable bonds is 11. The summed E-state index contributed by atoms with van der Waals surface area (Å²) in [6.07, 6.45) is -3.00. The molecule has 254 valence electrons. The van der Waals surface area contributed by atoms with Crippen LogP contribution in [0.4, 0.5) is 14.6 Å². The van der Waals surface area contributed by atoms with Crippen molar-refractivity contribution in [2.75, 3.05) is 25.6 Å². The normalized spacial score (nSPS) is 25.1. The number of carbonyl (C=O) groups excluding carboxylic acids is 1. The molecule has 1 saturated heterocycles. The summed E-state index contributed by atoms with van der Waals surface area (Å²) in [5.41, 5.74) is -2.70. The van der Waals surface area contributed by atoms with Crippen molar-refractivity contribution < 1.29 is 41.8 Å². The van der Waals surface area contributed by atoms with Crippen LogP contribution in [0.5, 0.6) is 5.75 Å². The van der Waals surface area contributed by atoms with E-state index in [0.29, 0.717) is 17.0 Å². The first-order valence-corrected chi connectivity index (χ1v) is 16.5. The summed E-state index contributed by atoms with van der Waals surface area (Å²) in [6, 6.07) is 10.8. The first-order valence-electron chi connectivity index (χ1n) is 15.0. The summed E-state index contributed by atoms with van der Waals surface area (Å²) >= 11 is 0. The largest absolute Gasteiger partial charge is 0.464 e. The average molecular weight is 677 g/mol. The van der Waals surface area contributed by atoms with Crippen molar-refractivity contribution in [3.05, 3.63) is 54.6 Å². The number of hydrogen-bond acceptors (Lipinski definition) is 11. The highest BCUT2D eigenvalue weighted by atomic mass is 31.2. The van der Waals surface area contributed by atoms with Crippen molar-refractivity contribution in [2.45, 2.75) is 71.4 Å². The van der Waals surface area contributed by atoms with Gasteiger partial charge in [-0.25, -0.2) is 28.3 Å². The predicted octanol–water partition coefficient (Wildman–Crippen LogP) is 5.38. The third-order valence-electron chi connectivity index (χ3n) is 7.51. The lowest BCUT2D eigenvalue weighted by molar-refractivity contribution is -0.202. The van der Waals surface area contributed by atoms with Gasteiger partial charge in [0.05, 0.1) is 12.9 Å². The number of ether oxygens (including phenoxy) is 2. The molecule has 0 bridgehead atoms. The summed E-state index contributed by atoms with van der Waals surface area (Å²) < 4.78 is 70.4. The highest BCUT2D eigenvalue weighted by Gasteiger charge is 2.65. The Morgan fingerprint density at radius 1 is 1.19 bits per heavy atom. The number of aromatic nitrogens is 4. The minimum Gasteiger partial charge on any atom is -0.464 e. The number of aryl methyl sites for hydroxylation is 1. The van der Waals surface area contributed by atoms with Crippen molar-refractivity contribution in [1.29, 1.82) is 0 Å². The molecule has 0 radical (unpaired) electrons. The van der Waals surface area contributed by atoms with Crippen LogP contribution in [0.25, 0.3) is 21.9 Å². The number of benzene rings is 2. The average Bonchev–Trinajstić information content (AvgIpc) is 3.50. The molecule has 47 heavy (non-hydrogen) atoms. The van der Waals surface area contributed by atoms with Crippen molar-refractivity contribution >= 4 is 41.5 Å².